The first-order valence-corrected chi connectivity index (χ1v) is 4.85. The molecule has 0 aliphatic rings. The second-order valence-corrected chi connectivity index (χ2v) is 3.15. The molecule has 1 aromatic rings. The summed E-state index contributed by atoms with van der Waals surface area (Å²) in [7, 11) is 3.03. The summed E-state index contributed by atoms with van der Waals surface area (Å²) in [5.41, 5.74) is 0. The topological polar surface area (TPSA) is 59.1 Å². The molecule has 0 amide bonds. The molecule has 8 heteroatoms. The Kier molecular flexibility index (Phi) is 4.36. The molecule has 0 atom stereocenters. The molecule has 1 aromatic heterocycles. The van der Waals surface area contributed by atoms with Gasteiger partial charge >= 0.3 is 6.18 Å². The maximum absolute atomic E-state index is 12.0. The molecule has 0 aromatic carbocycles. The molecule has 0 saturated heterocycles. The van der Waals surface area contributed by atoms with E-state index in [0.29, 0.717) is 5.82 Å². The summed E-state index contributed by atoms with van der Waals surface area (Å²) in [6.07, 6.45) is -3.89. The van der Waals surface area contributed by atoms with Crippen molar-refractivity contribution < 1.29 is 17.9 Å². The third-order valence-corrected chi connectivity index (χ3v) is 1.95. The molecule has 0 fully saturated rings. The fourth-order valence-electron chi connectivity index (χ4n) is 1.19. The summed E-state index contributed by atoms with van der Waals surface area (Å²) in [6.45, 7) is -0.264. The number of ether oxygens (including phenoxy) is 1. The molecular formula is C9H13F3N4O. The number of anilines is 2. The molecule has 0 spiro atoms. The molecule has 0 bridgehead atoms. The molecule has 0 radical (unpaired) electrons. The molecule has 2 N–H and O–H groups in total. The molecule has 96 valence electrons. The van der Waals surface area contributed by atoms with Crippen LogP contribution >= 0.6 is 0 Å². The van der Waals surface area contributed by atoms with E-state index < -0.39 is 12.6 Å². The highest BCUT2D eigenvalue weighted by atomic mass is 19.4. The Morgan fingerprint density at radius 1 is 1.29 bits per heavy atom. The average Bonchev–Trinajstić information content (AvgIpc) is 2.27. The minimum atomic E-state index is -4.20. The van der Waals surface area contributed by atoms with Gasteiger partial charge in [-0.2, -0.15) is 13.2 Å². The Morgan fingerprint density at radius 2 is 1.94 bits per heavy atom. The van der Waals surface area contributed by atoms with Crippen molar-refractivity contribution in [1.82, 2.24) is 9.97 Å². The number of nitrogens with one attached hydrogen (secondary N) is 2. The van der Waals surface area contributed by atoms with Crippen molar-refractivity contribution in [2.45, 2.75) is 12.6 Å². The lowest BCUT2D eigenvalue weighted by Crippen LogP contribution is -2.16. The maximum atomic E-state index is 12.0. The zero-order valence-corrected chi connectivity index (χ0v) is 9.43. The SMILES string of the molecule is CNc1ncnc(NCCC(F)(F)F)c1OC. The van der Waals surface area contributed by atoms with Crippen LogP contribution in [-0.4, -0.2) is 36.8 Å². The van der Waals surface area contributed by atoms with Crippen LogP contribution in [0.25, 0.3) is 0 Å². The predicted molar refractivity (Wildman–Crippen MR) is 57.3 cm³/mol. The number of rotatable bonds is 5. The Labute approximate surface area is 96.4 Å². The Hall–Kier alpha value is -1.73. The molecule has 1 rings (SSSR count). The van der Waals surface area contributed by atoms with Gasteiger partial charge in [0, 0.05) is 13.6 Å². The average molecular weight is 250 g/mol. The smallest absolute Gasteiger partial charge is 0.390 e. The number of halogens is 3. The summed E-state index contributed by atoms with van der Waals surface area (Å²) < 4.78 is 40.9. The third kappa shape index (κ3) is 3.97. The summed E-state index contributed by atoms with van der Waals surface area (Å²) in [5.74, 6) is 0.935. The first-order chi connectivity index (χ1) is 7.98. The highest BCUT2D eigenvalue weighted by Crippen LogP contribution is 2.28. The van der Waals surface area contributed by atoms with E-state index in [2.05, 4.69) is 20.6 Å². The van der Waals surface area contributed by atoms with Gasteiger partial charge in [0.1, 0.15) is 6.33 Å². The van der Waals surface area contributed by atoms with Gasteiger partial charge in [-0.25, -0.2) is 9.97 Å². The van der Waals surface area contributed by atoms with Crippen LogP contribution in [-0.2, 0) is 0 Å². The van der Waals surface area contributed by atoms with Crippen molar-refractivity contribution >= 4 is 11.6 Å². The van der Waals surface area contributed by atoms with Crippen LogP contribution in [0.3, 0.4) is 0 Å². The normalized spacial score (nSPS) is 11.1. The van der Waals surface area contributed by atoms with Crippen molar-refractivity contribution in [3.05, 3.63) is 6.33 Å². The van der Waals surface area contributed by atoms with Gasteiger partial charge in [-0.15, -0.1) is 0 Å². The van der Waals surface area contributed by atoms with Crippen molar-refractivity contribution in [3.63, 3.8) is 0 Å². The molecule has 0 unspecified atom stereocenters. The van der Waals surface area contributed by atoms with E-state index in [9.17, 15) is 13.2 Å². The van der Waals surface area contributed by atoms with E-state index >= 15 is 0 Å². The van der Waals surface area contributed by atoms with E-state index in [0.717, 1.165) is 0 Å². The Balaban J connectivity index is 2.70. The monoisotopic (exact) mass is 250 g/mol. The van der Waals surface area contributed by atoms with Crippen molar-refractivity contribution in [2.24, 2.45) is 0 Å². The van der Waals surface area contributed by atoms with Gasteiger partial charge in [0.05, 0.1) is 13.5 Å². The number of alkyl halides is 3. The standard InChI is InChI=1S/C9H13F3N4O/c1-13-7-6(17-2)8(16-5-15-7)14-4-3-9(10,11)12/h5H,3-4H2,1-2H3,(H2,13,14,15,16). The van der Waals surface area contributed by atoms with Gasteiger partial charge in [-0.3, -0.25) is 0 Å². The van der Waals surface area contributed by atoms with Gasteiger partial charge < -0.3 is 15.4 Å². The highest BCUT2D eigenvalue weighted by molar-refractivity contribution is 5.63. The third-order valence-electron chi connectivity index (χ3n) is 1.95. The van der Waals surface area contributed by atoms with Crippen LogP contribution in [0.15, 0.2) is 6.33 Å². The summed E-state index contributed by atoms with van der Waals surface area (Å²) in [5, 5.41) is 5.31. The number of hydrogen-bond acceptors (Lipinski definition) is 5. The molecular weight excluding hydrogens is 237 g/mol. The van der Waals surface area contributed by atoms with E-state index in [-0.39, 0.29) is 18.1 Å². The van der Waals surface area contributed by atoms with Crippen molar-refractivity contribution in [2.75, 3.05) is 31.3 Å². The van der Waals surface area contributed by atoms with Gasteiger partial charge in [0.15, 0.2) is 11.6 Å². The van der Waals surface area contributed by atoms with Gasteiger partial charge in [-0.05, 0) is 0 Å². The van der Waals surface area contributed by atoms with Crippen molar-refractivity contribution in [3.8, 4) is 5.75 Å². The maximum Gasteiger partial charge on any atom is 0.390 e. The Bertz CT molecular complexity index is 370. The zero-order chi connectivity index (χ0) is 12.9. The summed E-state index contributed by atoms with van der Waals surface area (Å²) >= 11 is 0. The van der Waals surface area contributed by atoms with Crippen LogP contribution in [0.4, 0.5) is 24.8 Å². The fraction of sp³-hybridized carbons (Fsp3) is 0.556. The van der Waals surface area contributed by atoms with E-state index in [1.165, 1.54) is 13.4 Å². The lowest BCUT2D eigenvalue weighted by Gasteiger charge is -2.13. The molecule has 1 heterocycles. The van der Waals surface area contributed by atoms with Crippen LogP contribution in [0.2, 0.25) is 0 Å². The molecule has 5 nitrogen and oxygen atoms in total. The molecule has 0 saturated carbocycles. The molecule has 17 heavy (non-hydrogen) atoms. The number of methoxy groups -OCH3 is 1. The zero-order valence-electron chi connectivity index (χ0n) is 9.43. The van der Waals surface area contributed by atoms with Crippen LogP contribution in [0.5, 0.6) is 5.75 Å². The first kappa shape index (κ1) is 13.3. The Morgan fingerprint density at radius 3 is 2.47 bits per heavy atom. The van der Waals surface area contributed by atoms with Gasteiger partial charge in [0.25, 0.3) is 0 Å². The first-order valence-electron chi connectivity index (χ1n) is 4.85. The molecule has 0 aliphatic carbocycles. The lowest BCUT2D eigenvalue weighted by molar-refractivity contribution is -0.131. The summed E-state index contributed by atoms with van der Waals surface area (Å²) in [4.78, 5) is 7.70. The minimum absolute atomic E-state index is 0.232. The number of aromatic nitrogens is 2. The fourth-order valence-corrected chi connectivity index (χ4v) is 1.19. The van der Waals surface area contributed by atoms with E-state index in [4.69, 9.17) is 4.74 Å². The van der Waals surface area contributed by atoms with Crippen LogP contribution in [0, 0.1) is 0 Å². The van der Waals surface area contributed by atoms with E-state index in [1.807, 2.05) is 0 Å². The predicted octanol–water partition coefficient (Wildman–Crippen LogP) is 1.89. The van der Waals surface area contributed by atoms with Gasteiger partial charge in [-0.1, -0.05) is 0 Å². The van der Waals surface area contributed by atoms with Crippen LogP contribution < -0.4 is 15.4 Å². The second-order valence-electron chi connectivity index (χ2n) is 3.15. The number of nitrogens with zero attached hydrogens (tertiary/aromatic N) is 2. The molecule has 0 aliphatic heterocycles. The number of hydrogen-bond donors (Lipinski definition) is 2. The van der Waals surface area contributed by atoms with E-state index in [1.54, 1.807) is 7.05 Å². The van der Waals surface area contributed by atoms with Gasteiger partial charge in [0.2, 0.25) is 5.75 Å². The lowest BCUT2D eigenvalue weighted by atomic mass is 10.4. The second kappa shape index (κ2) is 5.55. The minimum Gasteiger partial charge on any atom is -0.490 e. The summed E-state index contributed by atoms with van der Waals surface area (Å²) in [6, 6.07) is 0. The largest absolute Gasteiger partial charge is 0.490 e. The van der Waals surface area contributed by atoms with Crippen LogP contribution in [0.1, 0.15) is 6.42 Å². The highest BCUT2D eigenvalue weighted by Gasteiger charge is 2.26. The quantitative estimate of drug-likeness (QED) is 0.835. The van der Waals surface area contributed by atoms with Crippen molar-refractivity contribution in [1.29, 1.82) is 0 Å².